The lowest BCUT2D eigenvalue weighted by Gasteiger charge is -2.38. The largest absolute Gasteiger partial charge is 0.343 e. The number of nitrogens with zero attached hydrogens (tertiary/aromatic N) is 2. The molecule has 1 amide bonds. The fraction of sp³-hybridized carbons (Fsp3) is 0.462. The van der Waals surface area contributed by atoms with Crippen molar-refractivity contribution in [2.45, 2.75) is 45.1 Å². The van der Waals surface area contributed by atoms with Gasteiger partial charge in [0.15, 0.2) is 0 Å². The predicted octanol–water partition coefficient (Wildman–Crippen LogP) is 4.93. The number of amides is 1. The SMILES string of the molecule is Cc1ccccc1C(=O)N[C@@H](c1ccccn1)[C@@H]1CCCN(C[C@H]2CC=CCC2)C1. The van der Waals surface area contributed by atoms with Crippen LogP contribution >= 0.6 is 0 Å². The van der Waals surface area contributed by atoms with Crippen molar-refractivity contribution >= 4 is 5.91 Å². The smallest absolute Gasteiger partial charge is 0.252 e. The van der Waals surface area contributed by atoms with Gasteiger partial charge in [-0.05, 0) is 81.2 Å². The Bertz CT molecular complexity index is 864. The summed E-state index contributed by atoms with van der Waals surface area (Å²) in [5.74, 6) is 1.14. The number of aryl methyl sites for hydroxylation is 1. The Balaban J connectivity index is 1.50. The molecule has 1 saturated heterocycles. The number of benzene rings is 1. The second-order valence-corrected chi connectivity index (χ2v) is 8.83. The van der Waals surface area contributed by atoms with Crippen LogP contribution in [0.1, 0.15) is 59.8 Å². The number of rotatable bonds is 6. The highest BCUT2D eigenvalue weighted by Crippen LogP contribution is 2.31. The summed E-state index contributed by atoms with van der Waals surface area (Å²) >= 11 is 0. The van der Waals surface area contributed by atoms with Crippen molar-refractivity contribution in [2.75, 3.05) is 19.6 Å². The van der Waals surface area contributed by atoms with E-state index in [1.54, 1.807) is 0 Å². The van der Waals surface area contributed by atoms with Crippen LogP contribution in [0.4, 0.5) is 0 Å². The summed E-state index contributed by atoms with van der Waals surface area (Å²) < 4.78 is 0. The molecule has 0 spiro atoms. The molecule has 0 unspecified atom stereocenters. The number of allylic oxidation sites excluding steroid dienone is 2. The topological polar surface area (TPSA) is 45.2 Å². The third kappa shape index (κ3) is 5.17. The monoisotopic (exact) mass is 403 g/mol. The second kappa shape index (κ2) is 10.0. The van der Waals surface area contributed by atoms with E-state index in [1.807, 2.05) is 55.6 Å². The third-order valence-electron chi connectivity index (χ3n) is 6.59. The number of carbonyl (C=O) groups excluding carboxylic acids is 1. The van der Waals surface area contributed by atoms with Gasteiger partial charge in [0, 0.05) is 24.8 Å². The lowest BCUT2D eigenvalue weighted by atomic mass is 9.86. The van der Waals surface area contributed by atoms with Gasteiger partial charge in [-0.25, -0.2) is 0 Å². The lowest BCUT2D eigenvalue weighted by molar-refractivity contribution is 0.0863. The molecule has 1 N–H and O–H groups in total. The van der Waals surface area contributed by atoms with Gasteiger partial charge in [0.1, 0.15) is 0 Å². The molecular formula is C26H33N3O. The van der Waals surface area contributed by atoms with Crippen molar-refractivity contribution < 1.29 is 4.79 Å². The van der Waals surface area contributed by atoms with Crippen LogP contribution in [0.3, 0.4) is 0 Å². The molecule has 0 saturated carbocycles. The van der Waals surface area contributed by atoms with E-state index in [0.717, 1.165) is 42.2 Å². The third-order valence-corrected chi connectivity index (χ3v) is 6.59. The number of hydrogen-bond acceptors (Lipinski definition) is 3. The average Bonchev–Trinajstić information content (AvgIpc) is 2.79. The zero-order chi connectivity index (χ0) is 20.8. The maximum atomic E-state index is 13.1. The maximum Gasteiger partial charge on any atom is 0.252 e. The van der Waals surface area contributed by atoms with E-state index in [1.165, 1.54) is 32.2 Å². The van der Waals surface area contributed by atoms with Gasteiger partial charge in [-0.2, -0.15) is 0 Å². The second-order valence-electron chi connectivity index (χ2n) is 8.83. The van der Waals surface area contributed by atoms with Gasteiger partial charge in [0.2, 0.25) is 0 Å². The number of aromatic nitrogens is 1. The highest BCUT2D eigenvalue weighted by atomic mass is 16.1. The zero-order valence-electron chi connectivity index (χ0n) is 18.0. The summed E-state index contributed by atoms with van der Waals surface area (Å²) in [6.07, 6.45) is 12.5. The molecule has 4 rings (SSSR count). The summed E-state index contributed by atoms with van der Waals surface area (Å²) in [4.78, 5) is 20.4. The van der Waals surface area contributed by atoms with Crippen LogP contribution in [0, 0.1) is 18.8 Å². The molecule has 1 aliphatic carbocycles. The first kappa shape index (κ1) is 20.8. The van der Waals surface area contributed by atoms with Gasteiger partial charge in [-0.1, -0.05) is 36.4 Å². The molecular weight excluding hydrogens is 370 g/mol. The Hall–Kier alpha value is -2.46. The van der Waals surface area contributed by atoms with Crippen LogP contribution in [0.5, 0.6) is 0 Å². The van der Waals surface area contributed by atoms with E-state index in [9.17, 15) is 4.79 Å². The van der Waals surface area contributed by atoms with Crippen LogP contribution in [0.25, 0.3) is 0 Å². The van der Waals surface area contributed by atoms with Crippen LogP contribution in [-0.2, 0) is 0 Å². The number of likely N-dealkylation sites (tertiary alicyclic amines) is 1. The molecule has 1 aromatic carbocycles. The molecule has 1 aromatic heterocycles. The van der Waals surface area contributed by atoms with Gasteiger partial charge in [-0.3, -0.25) is 9.78 Å². The molecule has 4 heteroatoms. The van der Waals surface area contributed by atoms with Crippen LogP contribution in [-0.4, -0.2) is 35.4 Å². The van der Waals surface area contributed by atoms with Crippen LogP contribution in [0.2, 0.25) is 0 Å². The first-order valence-corrected chi connectivity index (χ1v) is 11.4. The molecule has 1 fully saturated rings. The van der Waals surface area contributed by atoms with Crippen LogP contribution < -0.4 is 5.32 Å². The summed E-state index contributed by atoms with van der Waals surface area (Å²) in [5, 5.41) is 3.35. The van der Waals surface area contributed by atoms with Gasteiger partial charge < -0.3 is 10.2 Å². The highest BCUT2D eigenvalue weighted by molar-refractivity contribution is 5.95. The standard InChI is InChI=1S/C26H33N3O/c1-20-10-5-6-14-23(20)26(30)28-25(24-15-7-8-16-27-24)22-13-9-17-29(19-22)18-21-11-3-2-4-12-21/h2-3,5-8,10,14-16,21-22,25H,4,9,11-13,17-19H2,1H3,(H,28,30)/t21-,22+,25+/m0/s1. The highest BCUT2D eigenvalue weighted by Gasteiger charge is 2.31. The fourth-order valence-corrected chi connectivity index (χ4v) is 4.96. The number of hydrogen-bond donors (Lipinski definition) is 1. The van der Waals surface area contributed by atoms with Crippen molar-refractivity contribution in [3.8, 4) is 0 Å². The van der Waals surface area contributed by atoms with E-state index in [4.69, 9.17) is 0 Å². The lowest BCUT2D eigenvalue weighted by Crippen LogP contribution is -2.44. The molecule has 2 aliphatic rings. The van der Waals surface area contributed by atoms with E-state index in [0.29, 0.717) is 5.92 Å². The molecule has 3 atom stereocenters. The van der Waals surface area contributed by atoms with Gasteiger partial charge >= 0.3 is 0 Å². The summed E-state index contributed by atoms with van der Waals surface area (Å²) in [7, 11) is 0. The Morgan fingerprint density at radius 2 is 2.03 bits per heavy atom. The average molecular weight is 404 g/mol. The van der Waals surface area contributed by atoms with Gasteiger partial charge in [0.25, 0.3) is 5.91 Å². The van der Waals surface area contributed by atoms with Gasteiger partial charge in [0.05, 0.1) is 11.7 Å². The first-order valence-electron chi connectivity index (χ1n) is 11.4. The summed E-state index contributed by atoms with van der Waals surface area (Å²) in [6.45, 7) is 5.35. The Morgan fingerprint density at radius 3 is 2.80 bits per heavy atom. The Labute approximate surface area is 180 Å². The van der Waals surface area contributed by atoms with E-state index >= 15 is 0 Å². The van der Waals surface area contributed by atoms with Crippen LogP contribution in [0.15, 0.2) is 60.8 Å². The quantitative estimate of drug-likeness (QED) is 0.696. The minimum Gasteiger partial charge on any atom is -0.343 e. The molecule has 2 aromatic rings. The van der Waals surface area contributed by atoms with Crippen molar-refractivity contribution in [1.82, 2.24) is 15.2 Å². The fourth-order valence-electron chi connectivity index (χ4n) is 4.96. The molecule has 4 nitrogen and oxygen atoms in total. The zero-order valence-corrected chi connectivity index (χ0v) is 18.0. The van der Waals surface area contributed by atoms with E-state index in [-0.39, 0.29) is 11.9 Å². The normalized spacial score (nSPS) is 23.1. The summed E-state index contributed by atoms with van der Waals surface area (Å²) in [6, 6.07) is 13.7. The molecule has 2 heterocycles. The van der Waals surface area contributed by atoms with Crippen molar-refractivity contribution in [2.24, 2.45) is 11.8 Å². The molecule has 158 valence electrons. The Kier molecular flexibility index (Phi) is 6.96. The minimum atomic E-state index is -0.0626. The molecule has 0 bridgehead atoms. The van der Waals surface area contributed by atoms with Crippen molar-refractivity contribution in [3.05, 3.63) is 77.6 Å². The van der Waals surface area contributed by atoms with E-state index < -0.39 is 0 Å². The number of pyridine rings is 1. The number of piperidine rings is 1. The minimum absolute atomic E-state index is 0.00158. The Morgan fingerprint density at radius 1 is 1.17 bits per heavy atom. The molecule has 0 radical (unpaired) electrons. The van der Waals surface area contributed by atoms with Crippen molar-refractivity contribution in [1.29, 1.82) is 0 Å². The number of nitrogens with one attached hydrogen (secondary N) is 1. The van der Waals surface area contributed by atoms with Crippen molar-refractivity contribution in [3.63, 3.8) is 0 Å². The van der Waals surface area contributed by atoms with Gasteiger partial charge in [-0.15, -0.1) is 0 Å². The molecule has 30 heavy (non-hydrogen) atoms. The number of carbonyl (C=O) groups is 1. The predicted molar refractivity (Wildman–Crippen MR) is 121 cm³/mol. The van der Waals surface area contributed by atoms with E-state index in [2.05, 4.69) is 27.4 Å². The maximum absolute atomic E-state index is 13.1. The first-order chi connectivity index (χ1) is 14.7. The summed E-state index contributed by atoms with van der Waals surface area (Å²) in [5.41, 5.74) is 2.72. The molecule has 1 aliphatic heterocycles.